The Balaban J connectivity index is 0.00000225. The first-order valence-electron chi connectivity index (χ1n) is 4.76. The lowest BCUT2D eigenvalue weighted by molar-refractivity contribution is 0.146. The van der Waals surface area contributed by atoms with Crippen LogP contribution in [0.2, 0.25) is 0 Å². The van der Waals surface area contributed by atoms with Crippen molar-refractivity contribution in [1.29, 1.82) is 0 Å². The first kappa shape index (κ1) is 15.3. The van der Waals surface area contributed by atoms with Gasteiger partial charge in [-0.2, -0.15) is 0 Å². The molecule has 0 saturated heterocycles. The van der Waals surface area contributed by atoms with E-state index in [1.54, 1.807) is 0 Å². The van der Waals surface area contributed by atoms with Crippen molar-refractivity contribution in [2.75, 3.05) is 0 Å². The second-order valence-corrected chi connectivity index (χ2v) is 3.85. The molecule has 0 unspecified atom stereocenters. The van der Waals surface area contributed by atoms with Crippen LogP contribution in [0.4, 0.5) is 13.2 Å². The number of rotatable bonds is 3. The minimum atomic E-state index is -2.78. The average molecular weight is 254 g/mol. The summed E-state index contributed by atoms with van der Waals surface area (Å²) in [6.07, 6.45) is -2.78. The molecule has 0 saturated carbocycles. The highest BCUT2D eigenvalue weighted by molar-refractivity contribution is 5.85. The standard InChI is InChI=1S/C11H14F3N.ClH/c1-6(2)10(15)7-3-4-8(11(13)14)9(12)5-7;/h3-6,10-11H,15H2,1-2H3;1H/t10-;/m0./s1. The van der Waals surface area contributed by atoms with Crippen molar-refractivity contribution in [3.8, 4) is 0 Å². The summed E-state index contributed by atoms with van der Waals surface area (Å²) < 4.78 is 37.7. The van der Waals surface area contributed by atoms with Gasteiger partial charge in [-0.05, 0) is 17.5 Å². The zero-order valence-electron chi connectivity index (χ0n) is 9.08. The molecule has 0 spiro atoms. The molecule has 1 aromatic rings. The maximum atomic E-state index is 13.2. The van der Waals surface area contributed by atoms with Crippen LogP contribution in [0.15, 0.2) is 18.2 Å². The van der Waals surface area contributed by atoms with Crippen LogP contribution in [-0.2, 0) is 0 Å². The zero-order valence-corrected chi connectivity index (χ0v) is 9.90. The minimum Gasteiger partial charge on any atom is -0.324 e. The fourth-order valence-electron chi connectivity index (χ4n) is 1.31. The monoisotopic (exact) mass is 253 g/mol. The van der Waals surface area contributed by atoms with E-state index in [4.69, 9.17) is 5.73 Å². The van der Waals surface area contributed by atoms with Crippen molar-refractivity contribution < 1.29 is 13.2 Å². The van der Waals surface area contributed by atoms with Gasteiger partial charge in [0, 0.05) is 6.04 Å². The van der Waals surface area contributed by atoms with E-state index in [0.29, 0.717) is 5.56 Å². The van der Waals surface area contributed by atoms with Crippen LogP contribution in [0.5, 0.6) is 0 Å². The van der Waals surface area contributed by atoms with Crippen molar-refractivity contribution in [2.24, 2.45) is 11.7 Å². The molecule has 0 heterocycles. The lowest BCUT2D eigenvalue weighted by Gasteiger charge is -2.16. The Labute approximate surface area is 99.2 Å². The van der Waals surface area contributed by atoms with Gasteiger partial charge in [-0.25, -0.2) is 13.2 Å². The van der Waals surface area contributed by atoms with Gasteiger partial charge in [-0.3, -0.25) is 0 Å². The van der Waals surface area contributed by atoms with Crippen molar-refractivity contribution in [1.82, 2.24) is 0 Å². The van der Waals surface area contributed by atoms with Crippen molar-refractivity contribution in [3.63, 3.8) is 0 Å². The molecule has 0 fully saturated rings. The smallest absolute Gasteiger partial charge is 0.266 e. The lowest BCUT2D eigenvalue weighted by atomic mass is 9.96. The van der Waals surface area contributed by atoms with Gasteiger partial charge in [0.15, 0.2) is 0 Å². The predicted octanol–water partition coefficient (Wildman–Crippen LogP) is 3.84. The van der Waals surface area contributed by atoms with Crippen molar-refractivity contribution in [2.45, 2.75) is 26.3 Å². The molecule has 0 amide bonds. The van der Waals surface area contributed by atoms with Gasteiger partial charge in [0.2, 0.25) is 0 Å². The second kappa shape index (κ2) is 6.11. The Bertz CT molecular complexity index is 342. The van der Waals surface area contributed by atoms with Crippen LogP contribution in [0.1, 0.15) is 37.4 Å². The molecule has 0 aliphatic heterocycles. The van der Waals surface area contributed by atoms with Gasteiger partial charge in [0.1, 0.15) is 5.82 Å². The van der Waals surface area contributed by atoms with E-state index < -0.39 is 17.8 Å². The SMILES string of the molecule is CC(C)[C@H](N)c1ccc(C(F)F)c(F)c1.Cl. The second-order valence-electron chi connectivity index (χ2n) is 3.85. The molecular weight excluding hydrogens is 239 g/mol. The Morgan fingerprint density at radius 1 is 1.19 bits per heavy atom. The Hall–Kier alpha value is -0.740. The quantitative estimate of drug-likeness (QED) is 0.870. The summed E-state index contributed by atoms with van der Waals surface area (Å²) in [6.45, 7) is 3.78. The third-order valence-electron chi connectivity index (χ3n) is 2.36. The van der Waals surface area contributed by atoms with E-state index in [-0.39, 0.29) is 24.4 Å². The number of hydrogen-bond donors (Lipinski definition) is 1. The van der Waals surface area contributed by atoms with Crippen LogP contribution in [0.3, 0.4) is 0 Å². The van der Waals surface area contributed by atoms with Crippen LogP contribution >= 0.6 is 12.4 Å². The molecule has 92 valence electrons. The Kier molecular flexibility index (Phi) is 5.83. The number of nitrogens with two attached hydrogens (primary N) is 1. The van der Waals surface area contributed by atoms with Crippen molar-refractivity contribution in [3.05, 3.63) is 35.1 Å². The molecule has 0 bridgehead atoms. The molecule has 1 aromatic carbocycles. The Morgan fingerprint density at radius 2 is 1.75 bits per heavy atom. The van der Waals surface area contributed by atoms with E-state index >= 15 is 0 Å². The van der Waals surface area contributed by atoms with Gasteiger partial charge < -0.3 is 5.73 Å². The summed E-state index contributed by atoms with van der Waals surface area (Å²) in [5.74, 6) is -0.750. The fraction of sp³-hybridized carbons (Fsp3) is 0.455. The fourth-order valence-corrected chi connectivity index (χ4v) is 1.31. The van der Waals surface area contributed by atoms with E-state index in [2.05, 4.69) is 0 Å². The van der Waals surface area contributed by atoms with Crippen molar-refractivity contribution >= 4 is 12.4 Å². The summed E-state index contributed by atoms with van der Waals surface area (Å²) in [5.41, 5.74) is 5.75. The largest absolute Gasteiger partial charge is 0.324 e. The summed E-state index contributed by atoms with van der Waals surface area (Å²) in [4.78, 5) is 0. The summed E-state index contributed by atoms with van der Waals surface area (Å²) in [6, 6.07) is 3.31. The first-order valence-corrected chi connectivity index (χ1v) is 4.76. The minimum absolute atomic E-state index is 0. The summed E-state index contributed by atoms with van der Waals surface area (Å²) in [5, 5.41) is 0. The summed E-state index contributed by atoms with van der Waals surface area (Å²) in [7, 11) is 0. The van der Waals surface area contributed by atoms with Gasteiger partial charge in [0.05, 0.1) is 5.56 Å². The van der Waals surface area contributed by atoms with Crippen LogP contribution < -0.4 is 5.73 Å². The molecule has 0 radical (unpaired) electrons. The van der Waals surface area contributed by atoms with Gasteiger partial charge in [0.25, 0.3) is 6.43 Å². The van der Waals surface area contributed by atoms with Gasteiger partial charge in [-0.1, -0.05) is 26.0 Å². The van der Waals surface area contributed by atoms with E-state index in [0.717, 1.165) is 12.1 Å². The molecule has 1 rings (SSSR count). The normalized spacial score (nSPS) is 12.8. The molecular formula is C11H15ClF3N. The van der Waals surface area contributed by atoms with Crippen LogP contribution in [0.25, 0.3) is 0 Å². The highest BCUT2D eigenvalue weighted by Crippen LogP contribution is 2.26. The predicted molar refractivity (Wildman–Crippen MR) is 60.4 cm³/mol. The molecule has 0 aliphatic rings. The third-order valence-corrected chi connectivity index (χ3v) is 2.36. The molecule has 1 nitrogen and oxygen atoms in total. The maximum absolute atomic E-state index is 13.2. The molecule has 2 N–H and O–H groups in total. The van der Waals surface area contributed by atoms with E-state index in [1.165, 1.54) is 6.07 Å². The van der Waals surface area contributed by atoms with Gasteiger partial charge >= 0.3 is 0 Å². The highest BCUT2D eigenvalue weighted by Gasteiger charge is 2.16. The molecule has 0 aromatic heterocycles. The topological polar surface area (TPSA) is 26.0 Å². The Morgan fingerprint density at radius 3 is 2.12 bits per heavy atom. The summed E-state index contributed by atoms with van der Waals surface area (Å²) >= 11 is 0. The first-order chi connectivity index (χ1) is 6.93. The number of benzene rings is 1. The van der Waals surface area contributed by atoms with E-state index in [9.17, 15) is 13.2 Å². The molecule has 0 aliphatic carbocycles. The van der Waals surface area contributed by atoms with E-state index in [1.807, 2.05) is 13.8 Å². The molecule has 1 atom stereocenters. The number of halogens is 4. The number of hydrogen-bond acceptors (Lipinski definition) is 1. The van der Waals surface area contributed by atoms with Crippen LogP contribution in [0, 0.1) is 11.7 Å². The maximum Gasteiger partial charge on any atom is 0.266 e. The van der Waals surface area contributed by atoms with Gasteiger partial charge in [-0.15, -0.1) is 12.4 Å². The lowest BCUT2D eigenvalue weighted by Crippen LogP contribution is -2.17. The zero-order chi connectivity index (χ0) is 11.6. The highest BCUT2D eigenvalue weighted by atomic mass is 35.5. The number of alkyl halides is 2. The molecule has 5 heteroatoms. The average Bonchev–Trinajstić information content (AvgIpc) is 2.15. The molecule has 16 heavy (non-hydrogen) atoms. The van der Waals surface area contributed by atoms with Crippen LogP contribution in [-0.4, -0.2) is 0 Å². The third kappa shape index (κ3) is 3.39.